The van der Waals surface area contributed by atoms with E-state index in [1.54, 1.807) is 19.4 Å². The van der Waals surface area contributed by atoms with Crippen LogP contribution in [-0.4, -0.2) is 18.0 Å². The van der Waals surface area contributed by atoms with Crippen molar-refractivity contribution in [2.75, 3.05) is 12.4 Å². The number of hydrogen-bond donors (Lipinski definition) is 1. The zero-order valence-corrected chi connectivity index (χ0v) is 15.0. The number of benzene rings is 2. The van der Waals surface area contributed by atoms with E-state index >= 15 is 0 Å². The van der Waals surface area contributed by atoms with Crippen LogP contribution in [0.3, 0.4) is 0 Å². The fourth-order valence-electron chi connectivity index (χ4n) is 2.48. The van der Waals surface area contributed by atoms with Gasteiger partial charge >= 0.3 is 0 Å². The van der Waals surface area contributed by atoms with Crippen LogP contribution in [0.15, 0.2) is 79.0 Å². The lowest BCUT2D eigenvalue weighted by Crippen LogP contribution is -2.07. The van der Waals surface area contributed by atoms with Gasteiger partial charge in [-0.3, -0.25) is 9.78 Å². The summed E-state index contributed by atoms with van der Waals surface area (Å²) in [7, 11) is 1.62. The molecule has 0 saturated carbocycles. The predicted molar refractivity (Wildman–Crippen MR) is 110 cm³/mol. The fourth-order valence-corrected chi connectivity index (χ4v) is 2.48. The molecule has 1 amide bonds. The van der Waals surface area contributed by atoms with Crippen LogP contribution in [-0.2, 0) is 4.79 Å². The minimum absolute atomic E-state index is 0.191. The number of ether oxygens (including phenoxy) is 1. The Bertz CT molecular complexity index is 963. The van der Waals surface area contributed by atoms with Gasteiger partial charge in [-0.05, 0) is 59.7 Å². The van der Waals surface area contributed by atoms with Crippen molar-refractivity contribution < 1.29 is 9.53 Å². The molecule has 2 aromatic carbocycles. The van der Waals surface area contributed by atoms with Crippen molar-refractivity contribution in [1.82, 2.24) is 4.98 Å². The maximum Gasteiger partial charge on any atom is 0.248 e. The number of anilines is 1. The first-order valence-corrected chi connectivity index (χ1v) is 8.55. The van der Waals surface area contributed by atoms with E-state index in [0.29, 0.717) is 0 Å². The molecule has 4 nitrogen and oxygen atoms in total. The number of aromatic nitrogens is 1. The Morgan fingerprint density at radius 2 is 1.74 bits per heavy atom. The Kier molecular flexibility index (Phi) is 6.15. The number of rotatable bonds is 6. The number of pyridine rings is 1. The fraction of sp³-hybridized carbons (Fsp3) is 0.0435. The molecular formula is C23H20N2O2. The molecule has 4 heteroatoms. The third-order valence-corrected chi connectivity index (χ3v) is 3.81. The third-order valence-electron chi connectivity index (χ3n) is 3.81. The maximum atomic E-state index is 12.2. The van der Waals surface area contributed by atoms with Gasteiger partial charge in [-0.2, -0.15) is 0 Å². The molecular weight excluding hydrogens is 336 g/mol. The Morgan fingerprint density at radius 1 is 0.926 bits per heavy atom. The van der Waals surface area contributed by atoms with Crippen molar-refractivity contribution in [2.45, 2.75) is 0 Å². The zero-order valence-electron chi connectivity index (χ0n) is 15.0. The second-order valence-corrected chi connectivity index (χ2v) is 5.81. The highest BCUT2D eigenvalue weighted by atomic mass is 16.5. The minimum atomic E-state index is -0.191. The summed E-state index contributed by atoms with van der Waals surface area (Å²) < 4.78 is 5.18. The topological polar surface area (TPSA) is 51.2 Å². The van der Waals surface area contributed by atoms with Crippen LogP contribution in [0, 0.1) is 0 Å². The molecule has 3 rings (SSSR count). The van der Waals surface area contributed by atoms with E-state index in [0.717, 1.165) is 28.3 Å². The molecule has 1 heterocycles. The first-order valence-electron chi connectivity index (χ1n) is 8.55. The lowest BCUT2D eigenvalue weighted by molar-refractivity contribution is -0.111. The van der Waals surface area contributed by atoms with E-state index < -0.39 is 0 Å². The van der Waals surface area contributed by atoms with Crippen molar-refractivity contribution in [2.24, 2.45) is 0 Å². The minimum Gasteiger partial charge on any atom is -0.497 e. The van der Waals surface area contributed by atoms with Gasteiger partial charge in [-0.15, -0.1) is 0 Å². The number of nitrogens with zero attached hydrogens (tertiary/aromatic N) is 1. The lowest BCUT2D eigenvalue weighted by atomic mass is 10.1. The van der Waals surface area contributed by atoms with Crippen LogP contribution in [0.1, 0.15) is 16.8 Å². The molecule has 0 radical (unpaired) electrons. The summed E-state index contributed by atoms with van der Waals surface area (Å²) in [6.45, 7) is 0. The molecule has 0 atom stereocenters. The predicted octanol–water partition coefficient (Wildman–Crippen LogP) is 4.91. The third kappa shape index (κ3) is 5.68. The van der Waals surface area contributed by atoms with Gasteiger partial charge in [0.05, 0.1) is 12.8 Å². The highest BCUT2D eigenvalue weighted by Gasteiger charge is 1.99. The van der Waals surface area contributed by atoms with E-state index in [4.69, 9.17) is 4.74 Å². The van der Waals surface area contributed by atoms with Gasteiger partial charge in [0, 0.05) is 18.0 Å². The van der Waals surface area contributed by atoms with E-state index in [1.165, 1.54) is 6.08 Å². The first kappa shape index (κ1) is 18.1. The zero-order chi connectivity index (χ0) is 18.9. The van der Waals surface area contributed by atoms with E-state index in [-0.39, 0.29) is 5.91 Å². The number of hydrogen-bond acceptors (Lipinski definition) is 3. The molecule has 1 aromatic heterocycles. The average molecular weight is 356 g/mol. The van der Waals surface area contributed by atoms with Gasteiger partial charge in [-0.1, -0.05) is 36.4 Å². The average Bonchev–Trinajstić information content (AvgIpc) is 2.72. The number of nitrogens with one attached hydrogen (secondary N) is 1. The normalized spacial score (nSPS) is 11.0. The molecule has 134 valence electrons. The van der Waals surface area contributed by atoms with Gasteiger partial charge in [0.25, 0.3) is 0 Å². The van der Waals surface area contributed by atoms with Crippen LogP contribution < -0.4 is 10.1 Å². The molecule has 0 aliphatic carbocycles. The van der Waals surface area contributed by atoms with Crippen molar-refractivity contribution in [1.29, 1.82) is 0 Å². The molecule has 0 spiro atoms. The summed E-state index contributed by atoms with van der Waals surface area (Å²) in [6, 6.07) is 20.9. The molecule has 3 aromatic rings. The standard InChI is InChI=1S/C23H20N2O2/c1-27-22-10-5-7-19(17-22)12-14-23(26)25-21-9-4-6-18(16-21)11-13-20-8-2-3-15-24-20/h2-17H,1H3,(H,25,26)/b13-11+,14-12+. The molecule has 0 unspecified atom stereocenters. The van der Waals surface area contributed by atoms with Crippen LogP contribution in [0.25, 0.3) is 18.2 Å². The largest absolute Gasteiger partial charge is 0.497 e. The summed E-state index contributed by atoms with van der Waals surface area (Å²) >= 11 is 0. The summed E-state index contributed by atoms with van der Waals surface area (Å²) in [5.74, 6) is 0.564. The maximum absolute atomic E-state index is 12.2. The van der Waals surface area contributed by atoms with Gasteiger partial charge < -0.3 is 10.1 Å². The van der Waals surface area contributed by atoms with Crippen molar-refractivity contribution in [3.05, 3.63) is 95.8 Å². The molecule has 27 heavy (non-hydrogen) atoms. The summed E-state index contributed by atoms with van der Waals surface area (Å²) in [6.07, 6.45) is 8.91. The Morgan fingerprint density at radius 3 is 2.52 bits per heavy atom. The van der Waals surface area contributed by atoms with Crippen molar-refractivity contribution in [3.63, 3.8) is 0 Å². The van der Waals surface area contributed by atoms with Gasteiger partial charge in [-0.25, -0.2) is 0 Å². The van der Waals surface area contributed by atoms with Crippen molar-refractivity contribution in [3.8, 4) is 5.75 Å². The lowest BCUT2D eigenvalue weighted by Gasteiger charge is -2.04. The number of carbonyl (C=O) groups excluding carboxylic acids is 1. The van der Waals surface area contributed by atoms with Crippen LogP contribution >= 0.6 is 0 Å². The summed E-state index contributed by atoms with van der Waals surface area (Å²) in [5.41, 5.74) is 3.50. The van der Waals surface area contributed by atoms with Crippen molar-refractivity contribution >= 4 is 29.8 Å². The Hall–Kier alpha value is -3.66. The highest BCUT2D eigenvalue weighted by molar-refractivity contribution is 6.02. The van der Waals surface area contributed by atoms with Crippen LogP contribution in [0.5, 0.6) is 5.75 Å². The molecule has 0 bridgehead atoms. The smallest absolute Gasteiger partial charge is 0.248 e. The molecule has 0 aliphatic heterocycles. The van der Waals surface area contributed by atoms with Crippen LogP contribution in [0.4, 0.5) is 5.69 Å². The summed E-state index contributed by atoms with van der Waals surface area (Å²) in [5, 5.41) is 2.87. The second kappa shape index (κ2) is 9.15. The van der Waals surface area contributed by atoms with Crippen LogP contribution in [0.2, 0.25) is 0 Å². The summed E-state index contributed by atoms with van der Waals surface area (Å²) in [4.78, 5) is 16.4. The molecule has 0 aliphatic rings. The SMILES string of the molecule is COc1cccc(/C=C/C(=O)Nc2cccc(/C=C/c3ccccn3)c2)c1. The quantitative estimate of drug-likeness (QED) is 0.638. The Balaban J connectivity index is 1.64. The number of methoxy groups -OCH3 is 1. The van der Waals surface area contributed by atoms with E-state index in [2.05, 4.69) is 10.3 Å². The number of carbonyl (C=O) groups is 1. The molecule has 1 N–H and O–H groups in total. The first-order chi connectivity index (χ1) is 13.2. The van der Waals surface area contributed by atoms with Gasteiger partial charge in [0.2, 0.25) is 5.91 Å². The monoisotopic (exact) mass is 356 g/mol. The molecule has 0 fully saturated rings. The number of amides is 1. The highest BCUT2D eigenvalue weighted by Crippen LogP contribution is 2.15. The second-order valence-electron chi connectivity index (χ2n) is 5.81. The van der Waals surface area contributed by atoms with Gasteiger partial charge in [0.15, 0.2) is 0 Å². The van der Waals surface area contributed by atoms with E-state index in [1.807, 2.05) is 78.9 Å². The molecule has 0 saturated heterocycles. The van der Waals surface area contributed by atoms with E-state index in [9.17, 15) is 4.79 Å². The van der Waals surface area contributed by atoms with Gasteiger partial charge in [0.1, 0.15) is 5.75 Å². The Labute approximate surface area is 158 Å².